The van der Waals surface area contributed by atoms with Crippen LogP contribution < -0.4 is 5.32 Å². The summed E-state index contributed by atoms with van der Waals surface area (Å²) in [4.78, 5) is 0. The van der Waals surface area contributed by atoms with E-state index in [1.54, 1.807) is 0 Å². The molecule has 1 fully saturated rings. The molecule has 1 saturated carbocycles. The molecule has 0 aromatic rings. The summed E-state index contributed by atoms with van der Waals surface area (Å²) in [6.07, 6.45) is 2.34. The van der Waals surface area contributed by atoms with E-state index in [0.717, 1.165) is 32.4 Å². The Bertz CT molecular complexity index is 260. The van der Waals surface area contributed by atoms with Crippen LogP contribution in [-0.4, -0.2) is 32.5 Å². The third-order valence-corrected chi connectivity index (χ3v) is 4.01. The molecule has 0 bridgehead atoms. The van der Waals surface area contributed by atoms with Crippen molar-refractivity contribution < 1.29 is 17.9 Å². The largest absolute Gasteiger partial charge is 0.411 e. The first-order valence-corrected chi connectivity index (χ1v) is 7.68. The summed E-state index contributed by atoms with van der Waals surface area (Å²) in [5, 5.41) is 3.47. The van der Waals surface area contributed by atoms with Gasteiger partial charge in [-0.05, 0) is 37.1 Å². The lowest BCUT2D eigenvalue weighted by atomic mass is 9.72. The number of alkyl halides is 3. The van der Waals surface area contributed by atoms with Gasteiger partial charge in [-0.25, -0.2) is 0 Å². The molecule has 1 aliphatic rings. The highest BCUT2D eigenvalue weighted by Crippen LogP contribution is 2.38. The van der Waals surface area contributed by atoms with Crippen molar-refractivity contribution >= 4 is 0 Å². The third-order valence-electron chi connectivity index (χ3n) is 4.01. The van der Waals surface area contributed by atoms with E-state index in [0.29, 0.717) is 5.92 Å². The average molecular weight is 295 g/mol. The first kappa shape index (κ1) is 17.8. The number of hydrogen-bond donors (Lipinski definition) is 1. The molecule has 0 spiro atoms. The van der Waals surface area contributed by atoms with Crippen LogP contribution in [0.4, 0.5) is 13.2 Å². The van der Waals surface area contributed by atoms with Crippen LogP contribution >= 0.6 is 0 Å². The van der Waals surface area contributed by atoms with Crippen LogP contribution in [0.25, 0.3) is 0 Å². The Kier molecular flexibility index (Phi) is 7.30. The SMILES string of the molecule is CC(C)CNCC1(CCOCC(F)(F)F)CCCCC1. The zero-order valence-electron chi connectivity index (χ0n) is 12.7. The van der Waals surface area contributed by atoms with Gasteiger partial charge < -0.3 is 10.1 Å². The van der Waals surface area contributed by atoms with Crippen molar-refractivity contribution in [1.29, 1.82) is 0 Å². The maximum absolute atomic E-state index is 12.1. The fourth-order valence-corrected chi connectivity index (χ4v) is 2.92. The predicted octanol–water partition coefficient (Wildman–Crippen LogP) is 4.15. The van der Waals surface area contributed by atoms with E-state index in [2.05, 4.69) is 19.2 Å². The zero-order chi connectivity index (χ0) is 15.1. The zero-order valence-corrected chi connectivity index (χ0v) is 12.7. The molecule has 1 N–H and O–H groups in total. The normalized spacial score (nSPS) is 19.5. The molecule has 0 atom stereocenters. The highest BCUT2D eigenvalue weighted by Gasteiger charge is 2.32. The number of hydrogen-bond acceptors (Lipinski definition) is 2. The predicted molar refractivity (Wildman–Crippen MR) is 74.7 cm³/mol. The average Bonchev–Trinajstić information content (AvgIpc) is 2.34. The van der Waals surface area contributed by atoms with Crippen molar-refractivity contribution in [3.8, 4) is 0 Å². The van der Waals surface area contributed by atoms with Crippen LogP contribution in [0.2, 0.25) is 0 Å². The van der Waals surface area contributed by atoms with Gasteiger partial charge in [0.05, 0.1) is 0 Å². The van der Waals surface area contributed by atoms with E-state index in [9.17, 15) is 13.2 Å². The van der Waals surface area contributed by atoms with Gasteiger partial charge in [0.25, 0.3) is 0 Å². The topological polar surface area (TPSA) is 21.3 Å². The summed E-state index contributed by atoms with van der Waals surface area (Å²) in [6.45, 7) is 5.27. The molecule has 0 saturated heterocycles. The molecular weight excluding hydrogens is 267 g/mol. The number of nitrogens with one attached hydrogen (secondary N) is 1. The van der Waals surface area contributed by atoms with Gasteiger partial charge in [-0.15, -0.1) is 0 Å². The number of ether oxygens (including phenoxy) is 1. The minimum atomic E-state index is -4.21. The Balaban J connectivity index is 2.34. The highest BCUT2D eigenvalue weighted by molar-refractivity contribution is 4.85. The Morgan fingerprint density at radius 3 is 2.35 bits per heavy atom. The van der Waals surface area contributed by atoms with Crippen LogP contribution in [-0.2, 0) is 4.74 Å². The van der Waals surface area contributed by atoms with E-state index in [1.807, 2.05) is 0 Å². The number of halogens is 3. The Morgan fingerprint density at radius 2 is 1.80 bits per heavy atom. The second kappa shape index (κ2) is 8.23. The van der Waals surface area contributed by atoms with Crippen LogP contribution in [0.1, 0.15) is 52.4 Å². The monoisotopic (exact) mass is 295 g/mol. The molecule has 0 heterocycles. The molecule has 1 aliphatic carbocycles. The highest BCUT2D eigenvalue weighted by atomic mass is 19.4. The third kappa shape index (κ3) is 7.48. The molecule has 1 rings (SSSR count). The summed E-state index contributed by atoms with van der Waals surface area (Å²) >= 11 is 0. The Labute approximate surface area is 120 Å². The molecule has 0 amide bonds. The van der Waals surface area contributed by atoms with Gasteiger partial charge in [0.15, 0.2) is 0 Å². The Morgan fingerprint density at radius 1 is 1.15 bits per heavy atom. The van der Waals surface area contributed by atoms with E-state index in [1.165, 1.54) is 19.3 Å². The fourth-order valence-electron chi connectivity index (χ4n) is 2.92. The smallest absolute Gasteiger partial charge is 0.372 e. The van der Waals surface area contributed by atoms with Gasteiger partial charge in [0.1, 0.15) is 6.61 Å². The Hall–Kier alpha value is -0.290. The molecule has 2 nitrogen and oxygen atoms in total. The minimum Gasteiger partial charge on any atom is -0.372 e. The van der Waals surface area contributed by atoms with Crippen LogP contribution in [0.3, 0.4) is 0 Å². The van der Waals surface area contributed by atoms with E-state index < -0.39 is 12.8 Å². The van der Waals surface area contributed by atoms with Crippen molar-refractivity contribution in [2.24, 2.45) is 11.3 Å². The maximum atomic E-state index is 12.1. The maximum Gasteiger partial charge on any atom is 0.411 e. The molecule has 5 heteroatoms. The second-order valence-electron chi connectivity index (χ2n) is 6.50. The van der Waals surface area contributed by atoms with Crippen molar-refractivity contribution in [2.45, 2.75) is 58.5 Å². The summed E-state index contributed by atoms with van der Waals surface area (Å²) in [5.74, 6) is 0.595. The molecule has 0 aromatic heterocycles. The van der Waals surface area contributed by atoms with Gasteiger partial charge in [-0.2, -0.15) is 13.2 Å². The van der Waals surface area contributed by atoms with E-state index in [4.69, 9.17) is 4.74 Å². The lowest BCUT2D eigenvalue weighted by molar-refractivity contribution is -0.175. The van der Waals surface area contributed by atoms with Crippen molar-refractivity contribution in [3.05, 3.63) is 0 Å². The first-order chi connectivity index (χ1) is 9.33. The molecular formula is C15H28F3NO. The summed E-state index contributed by atoms with van der Waals surface area (Å²) < 4.78 is 41.0. The van der Waals surface area contributed by atoms with Crippen LogP contribution in [0.5, 0.6) is 0 Å². The van der Waals surface area contributed by atoms with E-state index >= 15 is 0 Å². The summed E-state index contributed by atoms with van der Waals surface area (Å²) in [5.41, 5.74) is 0.138. The second-order valence-corrected chi connectivity index (χ2v) is 6.50. The molecule has 0 unspecified atom stereocenters. The quantitative estimate of drug-likeness (QED) is 0.679. The molecule has 120 valence electrons. The lowest BCUT2D eigenvalue weighted by Gasteiger charge is -2.38. The molecule has 20 heavy (non-hydrogen) atoms. The van der Waals surface area contributed by atoms with Crippen molar-refractivity contribution in [2.75, 3.05) is 26.3 Å². The van der Waals surface area contributed by atoms with Gasteiger partial charge in [-0.3, -0.25) is 0 Å². The summed E-state index contributed by atoms with van der Waals surface area (Å²) in [6, 6.07) is 0. The van der Waals surface area contributed by atoms with E-state index in [-0.39, 0.29) is 12.0 Å². The first-order valence-electron chi connectivity index (χ1n) is 7.68. The standard InChI is InChI=1S/C15H28F3NO/c1-13(2)10-19-11-14(6-4-3-5-7-14)8-9-20-12-15(16,17)18/h13,19H,3-12H2,1-2H3. The minimum absolute atomic E-state index is 0.138. The van der Waals surface area contributed by atoms with Crippen molar-refractivity contribution in [3.63, 3.8) is 0 Å². The van der Waals surface area contributed by atoms with Crippen molar-refractivity contribution in [1.82, 2.24) is 5.32 Å². The molecule has 0 radical (unpaired) electrons. The van der Waals surface area contributed by atoms with Gasteiger partial charge >= 0.3 is 6.18 Å². The van der Waals surface area contributed by atoms with Gasteiger partial charge in [0, 0.05) is 13.2 Å². The van der Waals surface area contributed by atoms with Crippen LogP contribution in [0, 0.1) is 11.3 Å². The molecule has 0 aromatic carbocycles. The number of rotatable bonds is 8. The lowest BCUT2D eigenvalue weighted by Crippen LogP contribution is -2.38. The van der Waals surface area contributed by atoms with Gasteiger partial charge in [-0.1, -0.05) is 33.1 Å². The van der Waals surface area contributed by atoms with Crippen LogP contribution in [0.15, 0.2) is 0 Å². The fraction of sp³-hybridized carbons (Fsp3) is 1.00. The summed E-state index contributed by atoms with van der Waals surface area (Å²) in [7, 11) is 0. The van der Waals surface area contributed by atoms with Gasteiger partial charge in [0.2, 0.25) is 0 Å². The molecule has 0 aliphatic heterocycles.